The molecule has 3 rings (SSSR count). The van der Waals surface area contributed by atoms with E-state index in [2.05, 4.69) is 22.1 Å². The van der Waals surface area contributed by atoms with Gasteiger partial charge in [0.2, 0.25) is 0 Å². The summed E-state index contributed by atoms with van der Waals surface area (Å²) in [4.78, 5) is 30.4. The number of hydrogen-bond donors (Lipinski definition) is 1. The molecule has 0 saturated carbocycles. The van der Waals surface area contributed by atoms with Crippen molar-refractivity contribution >= 4 is 41.6 Å². The van der Waals surface area contributed by atoms with E-state index in [-0.39, 0.29) is 11.6 Å². The van der Waals surface area contributed by atoms with E-state index in [9.17, 15) is 9.59 Å². The van der Waals surface area contributed by atoms with Gasteiger partial charge in [0.1, 0.15) is 5.70 Å². The van der Waals surface area contributed by atoms with Crippen molar-refractivity contribution in [3.63, 3.8) is 0 Å². The standard InChI is InChI=1S/C20H16N4O2S/c1-21-24(16-9-11-22-12-10-16)20(26)18(14-17-8-5-13-27-17)23-19(25)15-6-3-2-4-7-15/h2-14H,1H2,(H,23,25)/b18-14-. The lowest BCUT2D eigenvalue weighted by Crippen LogP contribution is -2.35. The molecule has 134 valence electrons. The third kappa shape index (κ3) is 4.53. The molecule has 0 aliphatic rings. The Morgan fingerprint density at radius 3 is 2.44 bits per heavy atom. The lowest BCUT2D eigenvalue weighted by Gasteiger charge is -2.18. The first-order chi connectivity index (χ1) is 13.2. The van der Waals surface area contributed by atoms with Crippen LogP contribution < -0.4 is 10.3 Å². The molecule has 0 atom stereocenters. The highest BCUT2D eigenvalue weighted by Crippen LogP contribution is 2.18. The van der Waals surface area contributed by atoms with Crippen molar-refractivity contribution in [1.29, 1.82) is 0 Å². The number of anilines is 1. The number of aromatic nitrogens is 1. The van der Waals surface area contributed by atoms with Crippen LogP contribution in [0.3, 0.4) is 0 Å². The number of benzene rings is 1. The number of hydrogen-bond acceptors (Lipinski definition) is 5. The number of rotatable bonds is 6. The van der Waals surface area contributed by atoms with E-state index in [0.29, 0.717) is 11.3 Å². The van der Waals surface area contributed by atoms with Gasteiger partial charge in [0.15, 0.2) is 0 Å². The normalized spacial score (nSPS) is 10.9. The first kappa shape index (κ1) is 18.2. The third-order valence-electron chi connectivity index (χ3n) is 3.59. The summed E-state index contributed by atoms with van der Waals surface area (Å²) in [6.45, 7) is 3.47. The second kappa shape index (κ2) is 8.68. The fourth-order valence-corrected chi connectivity index (χ4v) is 2.97. The minimum atomic E-state index is -0.506. The van der Waals surface area contributed by atoms with Gasteiger partial charge >= 0.3 is 0 Å². The van der Waals surface area contributed by atoms with Crippen molar-refractivity contribution < 1.29 is 9.59 Å². The van der Waals surface area contributed by atoms with Crippen molar-refractivity contribution in [2.75, 3.05) is 5.01 Å². The zero-order chi connectivity index (χ0) is 19.1. The molecule has 27 heavy (non-hydrogen) atoms. The molecule has 3 aromatic rings. The second-order valence-corrected chi connectivity index (χ2v) is 6.34. The summed E-state index contributed by atoms with van der Waals surface area (Å²) in [5.74, 6) is -0.889. The van der Waals surface area contributed by atoms with Crippen LogP contribution >= 0.6 is 11.3 Å². The Morgan fingerprint density at radius 2 is 1.81 bits per heavy atom. The SMILES string of the molecule is C=NN(C(=O)/C(=C/c1cccs1)NC(=O)c1ccccc1)c1ccncc1. The summed E-state index contributed by atoms with van der Waals surface area (Å²) in [6, 6.07) is 15.7. The maximum absolute atomic E-state index is 13.1. The second-order valence-electron chi connectivity index (χ2n) is 5.36. The maximum atomic E-state index is 13.1. The fourth-order valence-electron chi connectivity index (χ4n) is 2.31. The summed E-state index contributed by atoms with van der Waals surface area (Å²) in [7, 11) is 0. The Balaban J connectivity index is 1.93. The first-order valence-electron chi connectivity index (χ1n) is 8.02. The minimum Gasteiger partial charge on any atom is -0.317 e. The van der Waals surface area contributed by atoms with E-state index in [4.69, 9.17) is 0 Å². The molecule has 0 bridgehead atoms. The summed E-state index contributed by atoms with van der Waals surface area (Å²) in [5, 5.41) is 9.50. The molecule has 0 radical (unpaired) electrons. The zero-order valence-corrected chi connectivity index (χ0v) is 15.1. The molecule has 2 heterocycles. The number of amides is 2. The number of carbonyl (C=O) groups excluding carboxylic acids is 2. The van der Waals surface area contributed by atoms with Gasteiger partial charge in [0, 0.05) is 29.6 Å². The lowest BCUT2D eigenvalue weighted by atomic mass is 10.2. The molecule has 1 aromatic carbocycles. The van der Waals surface area contributed by atoms with Gasteiger partial charge in [-0.2, -0.15) is 10.1 Å². The van der Waals surface area contributed by atoms with Crippen molar-refractivity contribution in [3.8, 4) is 0 Å². The summed E-state index contributed by atoms with van der Waals surface area (Å²) in [6.07, 6.45) is 4.71. The Morgan fingerprint density at radius 1 is 1.07 bits per heavy atom. The molecule has 1 N–H and O–H groups in total. The molecule has 7 heteroatoms. The maximum Gasteiger partial charge on any atom is 0.295 e. The van der Waals surface area contributed by atoms with Gasteiger partial charge in [-0.3, -0.25) is 14.6 Å². The molecule has 0 unspecified atom stereocenters. The van der Waals surface area contributed by atoms with Gasteiger partial charge in [-0.05, 0) is 41.8 Å². The Bertz CT molecular complexity index is 954. The molecule has 0 spiro atoms. The first-order valence-corrected chi connectivity index (χ1v) is 8.89. The van der Waals surface area contributed by atoms with Gasteiger partial charge in [-0.15, -0.1) is 11.3 Å². The van der Waals surface area contributed by atoms with Crippen LogP contribution in [0.2, 0.25) is 0 Å². The molecule has 0 saturated heterocycles. The van der Waals surface area contributed by atoms with E-state index in [1.165, 1.54) is 11.3 Å². The third-order valence-corrected chi connectivity index (χ3v) is 4.40. The van der Waals surface area contributed by atoms with Crippen LogP contribution in [0.4, 0.5) is 5.69 Å². The summed E-state index contributed by atoms with van der Waals surface area (Å²) in [5.41, 5.74) is 1.04. The van der Waals surface area contributed by atoms with E-state index < -0.39 is 5.91 Å². The Labute approximate surface area is 160 Å². The van der Waals surface area contributed by atoms with Crippen LogP contribution in [-0.2, 0) is 4.79 Å². The van der Waals surface area contributed by atoms with Crippen LogP contribution in [0, 0.1) is 0 Å². The molecule has 6 nitrogen and oxygen atoms in total. The van der Waals surface area contributed by atoms with Crippen LogP contribution in [0.25, 0.3) is 6.08 Å². The van der Waals surface area contributed by atoms with Crippen LogP contribution in [0.15, 0.2) is 83.2 Å². The number of thiophene rings is 1. The largest absolute Gasteiger partial charge is 0.317 e. The molecule has 0 aliphatic carbocycles. The molecule has 2 aromatic heterocycles. The van der Waals surface area contributed by atoms with Gasteiger partial charge in [-0.25, -0.2) is 0 Å². The van der Waals surface area contributed by atoms with Gasteiger partial charge < -0.3 is 5.32 Å². The van der Waals surface area contributed by atoms with E-state index in [1.54, 1.807) is 54.9 Å². The van der Waals surface area contributed by atoms with Crippen LogP contribution in [0.5, 0.6) is 0 Å². The van der Waals surface area contributed by atoms with Crippen molar-refractivity contribution in [1.82, 2.24) is 10.3 Å². The molecule has 0 fully saturated rings. The predicted molar refractivity (Wildman–Crippen MR) is 107 cm³/mol. The number of nitrogens with zero attached hydrogens (tertiary/aromatic N) is 3. The van der Waals surface area contributed by atoms with Crippen molar-refractivity contribution in [3.05, 3.63) is 88.5 Å². The number of carbonyl (C=O) groups is 2. The van der Waals surface area contributed by atoms with Crippen LogP contribution in [-0.4, -0.2) is 23.5 Å². The number of nitrogens with one attached hydrogen (secondary N) is 1. The Hall–Kier alpha value is -3.58. The monoisotopic (exact) mass is 376 g/mol. The molecular formula is C20H16N4O2S. The Kier molecular flexibility index (Phi) is 5.86. The topological polar surface area (TPSA) is 74.7 Å². The predicted octanol–water partition coefficient (Wildman–Crippen LogP) is 3.56. The number of pyridine rings is 1. The molecule has 2 amide bonds. The molecule has 0 aliphatic heterocycles. The highest BCUT2D eigenvalue weighted by molar-refractivity contribution is 7.10. The van der Waals surface area contributed by atoms with Gasteiger partial charge in [0.25, 0.3) is 11.8 Å². The lowest BCUT2D eigenvalue weighted by molar-refractivity contribution is -0.115. The highest BCUT2D eigenvalue weighted by Gasteiger charge is 2.22. The summed E-state index contributed by atoms with van der Waals surface area (Å²) < 4.78 is 0. The molecular weight excluding hydrogens is 360 g/mol. The average Bonchev–Trinajstić information content (AvgIpc) is 3.22. The van der Waals surface area contributed by atoms with E-state index in [0.717, 1.165) is 9.89 Å². The highest BCUT2D eigenvalue weighted by atomic mass is 32.1. The van der Waals surface area contributed by atoms with Crippen LogP contribution in [0.1, 0.15) is 15.2 Å². The zero-order valence-electron chi connectivity index (χ0n) is 14.3. The quantitative estimate of drug-likeness (QED) is 0.406. The van der Waals surface area contributed by atoms with Gasteiger partial charge in [0.05, 0.1) is 5.69 Å². The smallest absolute Gasteiger partial charge is 0.295 e. The average molecular weight is 376 g/mol. The van der Waals surface area contributed by atoms with Crippen molar-refractivity contribution in [2.24, 2.45) is 5.10 Å². The van der Waals surface area contributed by atoms with E-state index in [1.807, 2.05) is 23.6 Å². The number of hydrazone groups is 1. The van der Waals surface area contributed by atoms with Crippen molar-refractivity contribution in [2.45, 2.75) is 0 Å². The summed E-state index contributed by atoms with van der Waals surface area (Å²) >= 11 is 1.45. The minimum absolute atomic E-state index is 0.0931. The van der Waals surface area contributed by atoms with E-state index >= 15 is 0 Å². The van der Waals surface area contributed by atoms with Gasteiger partial charge in [-0.1, -0.05) is 24.3 Å². The fraction of sp³-hybridized carbons (Fsp3) is 0.